The van der Waals surface area contributed by atoms with Crippen molar-refractivity contribution >= 4 is 5.97 Å². The number of carboxylic acids is 1. The number of unbranched alkanes of at least 4 members (excludes halogenated alkanes) is 4. The molecule has 0 atom stereocenters. The van der Waals surface area contributed by atoms with Crippen molar-refractivity contribution in [3.63, 3.8) is 0 Å². The van der Waals surface area contributed by atoms with Gasteiger partial charge in [-0.25, -0.2) is 0 Å². The molecule has 0 radical (unpaired) electrons. The fourth-order valence-corrected chi connectivity index (χ4v) is 1.45. The Bertz CT molecular complexity index is 161. The molecule has 0 N–H and O–H groups in total. The smallest absolute Gasteiger partial charge is 0.550 e. The zero-order valence-corrected chi connectivity index (χ0v) is 12.8. The molecule has 0 bridgehead atoms. The summed E-state index contributed by atoms with van der Waals surface area (Å²) in [5.74, 6) is -0.917. The molecule has 0 aromatic heterocycles. The molecule has 0 aromatic carbocycles. The molecule has 0 aromatic rings. The first-order chi connectivity index (χ1) is 6.42. The topological polar surface area (TPSA) is 40.1 Å². The quantitative estimate of drug-likeness (QED) is 0.431. The number of aliphatic carboxylic acids is 1. The maximum Gasteiger partial charge on any atom is 1.00 e. The van der Waals surface area contributed by atoms with E-state index < -0.39 is 5.97 Å². The summed E-state index contributed by atoms with van der Waals surface area (Å²) in [6.07, 6.45) is 6.92. The van der Waals surface area contributed by atoms with Gasteiger partial charge in [0.1, 0.15) is 0 Å². The average molecular weight is 222 g/mol. The number of hydrogen-bond donors (Lipinski definition) is 0. The number of carboxylic acid groups (broad SMARTS) is 1. The Kier molecular flexibility index (Phi) is 11.5. The number of carbonyl (C=O) groups excluding carboxylic acids is 1. The second-order valence-corrected chi connectivity index (χ2v) is 5.20. The Labute approximate surface area is 116 Å². The largest absolute Gasteiger partial charge is 1.00 e. The summed E-state index contributed by atoms with van der Waals surface area (Å²) in [5, 5.41) is 10.1. The predicted molar refractivity (Wildman–Crippen MR) is 56.8 cm³/mol. The first-order valence-electron chi connectivity index (χ1n) is 5.62. The van der Waals surface area contributed by atoms with E-state index in [0.717, 1.165) is 19.3 Å². The molecule has 0 saturated heterocycles. The second-order valence-electron chi connectivity index (χ2n) is 5.20. The van der Waals surface area contributed by atoms with Gasteiger partial charge in [0.05, 0.1) is 0 Å². The van der Waals surface area contributed by atoms with Crippen LogP contribution in [0.5, 0.6) is 0 Å². The van der Waals surface area contributed by atoms with Crippen molar-refractivity contribution in [2.24, 2.45) is 5.41 Å². The molecule has 84 valence electrons. The molecular weight excluding hydrogens is 199 g/mol. The fraction of sp³-hybridized carbons (Fsp3) is 0.917. The Morgan fingerprint density at radius 2 is 1.47 bits per heavy atom. The van der Waals surface area contributed by atoms with Gasteiger partial charge < -0.3 is 9.90 Å². The number of rotatable bonds is 7. The molecule has 0 aliphatic carbocycles. The third-order valence-corrected chi connectivity index (χ3v) is 2.31. The van der Waals surface area contributed by atoms with E-state index in [2.05, 4.69) is 20.8 Å². The van der Waals surface area contributed by atoms with E-state index in [1.165, 1.54) is 19.3 Å². The van der Waals surface area contributed by atoms with Crippen molar-refractivity contribution in [2.45, 2.75) is 65.7 Å². The summed E-state index contributed by atoms with van der Waals surface area (Å²) in [6.45, 7) is 6.76. The molecule has 0 rings (SSSR count). The van der Waals surface area contributed by atoms with Crippen molar-refractivity contribution in [1.82, 2.24) is 0 Å². The molecule has 0 spiro atoms. The van der Waals surface area contributed by atoms with Crippen LogP contribution >= 0.6 is 0 Å². The van der Waals surface area contributed by atoms with Crippen LogP contribution in [0, 0.1) is 5.41 Å². The van der Waals surface area contributed by atoms with Crippen molar-refractivity contribution in [3.05, 3.63) is 0 Å². The standard InChI is InChI=1S/C12H24O2.Na/c1-12(2,3)10-8-6-4-5-7-9-11(13)14;/h4-10H2,1-3H3,(H,13,14);/q;+1/p-1. The molecule has 0 unspecified atom stereocenters. The third-order valence-electron chi connectivity index (χ3n) is 2.31. The van der Waals surface area contributed by atoms with E-state index in [4.69, 9.17) is 0 Å². The maximum absolute atomic E-state index is 10.1. The maximum atomic E-state index is 10.1. The minimum atomic E-state index is -0.917. The van der Waals surface area contributed by atoms with Crippen LogP contribution in [-0.4, -0.2) is 5.97 Å². The van der Waals surface area contributed by atoms with E-state index in [1.807, 2.05) is 0 Å². The summed E-state index contributed by atoms with van der Waals surface area (Å²) < 4.78 is 0. The van der Waals surface area contributed by atoms with E-state index in [0.29, 0.717) is 5.41 Å². The van der Waals surface area contributed by atoms with Gasteiger partial charge in [-0.15, -0.1) is 0 Å². The van der Waals surface area contributed by atoms with Crippen LogP contribution in [0.15, 0.2) is 0 Å². The molecular formula is C12H23NaO2. The fourth-order valence-electron chi connectivity index (χ4n) is 1.45. The van der Waals surface area contributed by atoms with Gasteiger partial charge in [-0.05, 0) is 24.7 Å². The van der Waals surface area contributed by atoms with Crippen molar-refractivity contribution in [3.8, 4) is 0 Å². The molecule has 0 aliphatic heterocycles. The van der Waals surface area contributed by atoms with Crippen molar-refractivity contribution < 1.29 is 39.5 Å². The Morgan fingerprint density at radius 1 is 1.00 bits per heavy atom. The van der Waals surface area contributed by atoms with Gasteiger partial charge in [-0.3, -0.25) is 0 Å². The summed E-state index contributed by atoms with van der Waals surface area (Å²) in [4.78, 5) is 10.1. The summed E-state index contributed by atoms with van der Waals surface area (Å²) in [6, 6.07) is 0. The SMILES string of the molecule is CC(C)(C)CCCCCCCC(=O)[O-].[Na+]. The van der Waals surface area contributed by atoms with Crippen LogP contribution in [0.2, 0.25) is 0 Å². The third kappa shape index (κ3) is 17.1. The van der Waals surface area contributed by atoms with Gasteiger partial charge >= 0.3 is 29.6 Å². The van der Waals surface area contributed by atoms with Gasteiger partial charge in [0.2, 0.25) is 0 Å². The number of carbonyl (C=O) groups is 1. The van der Waals surface area contributed by atoms with E-state index >= 15 is 0 Å². The van der Waals surface area contributed by atoms with Crippen LogP contribution in [0.25, 0.3) is 0 Å². The minimum absolute atomic E-state index is 0. The summed E-state index contributed by atoms with van der Waals surface area (Å²) in [5.41, 5.74) is 0.436. The van der Waals surface area contributed by atoms with Crippen molar-refractivity contribution in [1.29, 1.82) is 0 Å². The Balaban J connectivity index is 0. The molecule has 3 heteroatoms. The van der Waals surface area contributed by atoms with Gasteiger partial charge in [-0.1, -0.05) is 46.5 Å². The van der Waals surface area contributed by atoms with Crippen LogP contribution in [0.3, 0.4) is 0 Å². The van der Waals surface area contributed by atoms with Gasteiger partial charge in [0.25, 0.3) is 0 Å². The van der Waals surface area contributed by atoms with Gasteiger partial charge in [0.15, 0.2) is 0 Å². The molecule has 0 fully saturated rings. The van der Waals surface area contributed by atoms with Crippen LogP contribution in [-0.2, 0) is 4.79 Å². The molecule has 15 heavy (non-hydrogen) atoms. The first kappa shape index (κ1) is 17.9. The molecule has 0 aliphatic rings. The first-order valence-corrected chi connectivity index (χ1v) is 5.62. The molecule has 0 saturated carbocycles. The monoisotopic (exact) mass is 222 g/mol. The Morgan fingerprint density at radius 3 is 1.93 bits per heavy atom. The van der Waals surface area contributed by atoms with E-state index in [1.54, 1.807) is 0 Å². The van der Waals surface area contributed by atoms with Crippen LogP contribution in [0.4, 0.5) is 0 Å². The van der Waals surface area contributed by atoms with Crippen LogP contribution < -0.4 is 34.7 Å². The predicted octanol–water partition coefficient (Wildman–Crippen LogP) is -0.483. The van der Waals surface area contributed by atoms with Crippen molar-refractivity contribution in [2.75, 3.05) is 0 Å². The molecule has 2 nitrogen and oxygen atoms in total. The molecule has 0 amide bonds. The zero-order valence-electron chi connectivity index (χ0n) is 10.8. The van der Waals surface area contributed by atoms with Crippen LogP contribution in [0.1, 0.15) is 65.7 Å². The van der Waals surface area contributed by atoms with Gasteiger partial charge in [0, 0.05) is 5.97 Å². The van der Waals surface area contributed by atoms with E-state index in [9.17, 15) is 9.90 Å². The summed E-state index contributed by atoms with van der Waals surface area (Å²) >= 11 is 0. The minimum Gasteiger partial charge on any atom is -0.550 e. The van der Waals surface area contributed by atoms with E-state index in [-0.39, 0.29) is 36.0 Å². The normalized spacial score (nSPS) is 10.9. The second kappa shape index (κ2) is 9.68. The Hall–Kier alpha value is 0.470. The zero-order chi connectivity index (χ0) is 11.0. The van der Waals surface area contributed by atoms with Gasteiger partial charge in [-0.2, -0.15) is 0 Å². The molecule has 0 heterocycles. The number of hydrogen-bond acceptors (Lipinski definition) is 2. The average Bonchev–Trinajstić information content (AvgIpc) is 2.00. The summed E-state index contributed by atoms with van der Waals surface area (Å²) in [7, 11) is 0.